The van der Waals surface area contributed by atoms with Gasteiger partial charge < -0.3 is 15.7 Å². The molecule has 4 rings (SSSR count). The lowest BCUT2D eigenvalue weighted by Gasteiger charge is -2.37. The molecule has 2 saturated heterocycles. The molecule has 0 amide bonds. The maximum absolute atomic E-state index is 9.90. The normalized spacial score (nSPS) is 28.0. The molecule has 110 valence electrons. The Bertz CT molecular complexity index is 630. The molecule has 4 heterocycles. The van der Waals surface area contributed by atoms with Crippen LogP contribution in [0.2, 0.25) is 0 Å². The first-order chi connectivity index (χ1) is 10.2. The number of aliphatic hydroxyl groups is 1. The molecular weight excluding hydrogens is 270 g/mol. The molecule has 2 aliphatic rings. The number of nitrogens with zero attached hydrogens (tertiary/aromatic N) is 6. The number of fused-ring (bicyclic) bond motifs is 2. The van der Waals surface area contributed by atoms with Gasteiger partial charge in [-0.25, -0.2) is 4.98 Å². The van der Waals surface area contributed by atoms with Gasteiger partial charge in [-0.05, 0) is 25.7 Å². The van der Waals surface area contributed by atoms with E-state index in [1.807, 2.05) is 0 Å². The van der Waals surface area contributed by atoms with E-state index >= 15 is 0 Å². The fourth-order valence-electron chi connectivity index (χ4n) is 3.45. The summed E-state index contributed by atoms with van der Waals surface area (Å²) in [6.45, 7) is 0. The number of aromatic nitrogens is 5. The first-order valence-corrected chi connectivity index (χ1v) is 7.17. The van der Waals surface area contributed by atoms with Gasteiger partial charge in [0.05, 0.1) is 6.10 Å². The Morgan fingerprint density at radius 3 is 2.48 bits per heavy atom. The van der Waals surface area contributed by atoms with E-state index in [-0.39, 0.29) is 24.1 Å². The minimum Gasteiger partial charge on any atom is -0.393 e. The SMILES string of the molecule is Nc1nc(N2C3CCC2CC(O)C3)nc(-n2ccnc2)n1. The number of piperidine rings is 1. The Morgan fingerprint density at radius 2 is 1.81 bits per heavy atom. The van der Waals surface area contributed by atoms with Gasteiger partial charge in [0.15, 0.2) is 0 Å². The van der Waals surface area contributed by atoms with Crippen molar-refractivity contribution in [2.75, 3.05) is 10.6 Å². The van der Waals surface area contributed by atoms with Gasteiger partial charge >= 0.3 is 0 Å². The van der Waals surface area contributed by atoms with Crippen LogP contribution in [0.1, 0.15) is 25.7 Å². The van der Waals surface area contributed by atoms with Crippen LogP contribution in [0.5, 0.6) is 0 Å². The number of nitrogen functional groups attached to an aromatic ring is 1. The van der Waals surface area contributed by atoms with Crippen molar-refractivity contribution in [2.45, 2.75) is 43.9 Å². The molecule has 2 aliphatic heterocycles. The molecule has 21 heavy (non-hydrogen) atoms. The summed E-state index contributed by atoms with van der Waals surface area (Å²) in [5.74, 6) is 1.28. The van der Waals surface area contributed by atoms with Gasteiger partial charge in [0.1, 0.15) is 6.33 Å². The summed E-state index contributed by atoms with van der Waals surface area (Å²) in [5, 5.41) is 9.90. The van der Waals surface area contributed by atoms with Gasteiger partial charge in [0.25, 0.3) is 0 Å². The van der Waals surface area contributed by atoms with Crippen molar-refractivity contribution in [3.8, 4) is 5.95 Å². The van der Waals surface area contributed by atoms with Gasteiger partial charge in [-0.3, -0.25) is 4.57 Å². The third kappa shape index (κ3) is 2.11. The van der Waals surface area contributed by atoms with E-state index in [1.54, 1.807) is 23.3 Å². The summed E-state index contributed by atoms with van der Waals surface area (Å²) in [4.78, 5) is 19.2. The largest absolute Gasteiger partial charge is 0.393 e. The van der Waals surface area contributed by atoms with Crippen LogP contribution in [0.4, 0.5) is 11.9 Å². The van der Waals surface area contributed by atoms with Crippen LogP contribution in [-0.4, -0.2) is 47.8 Å². The van der Waals surface area contributed by atoms with Crippen molar-refractivity contribution in [3.05, 3.63) is 18.7 Å². The highest BCUT2D eigenvalue weighted by Gasteiger charge is 2.41. The fourth-order valence-corrected chi connectivity index (χ4v) is 3.45. The second-order valence-electron chi connectivity index (χ2n) is 5.68. The lowest BCUT2D eigenvalue weighted by molar-refractivity contribution is 0.125. The summed E-state index contributed by atoms with van der Waals surface area (Å²) in [7, 11) is 0. The minimum atomic E-state index is -0.217. The van der Waals surface area contributed by atoms with Crippen LogP contribution in [-0.2, 0) is 0 Å². The third-order valence-electron chi connectivity index (χ3n) is 4.30. The van der Waals surface area contributed by atoms with E-state index in [0.717, 1.165) is 25.7 Å². The number of hydrogen-bond acceptors (Lipinski definition) is 7. The monoisotopic (exact) mass is 287 g/mol. The number of nitrogens with two attached hydrogens (primary N) is 1. The van der Waals surface area contributed by atoms with Crippen molar-refractivity contribution in [2.24, 2.45) is 0 Å². The molecule has 2 aromatic heterocycles. The molecule has 3 N–H and O–H groups in total. The summed E-state index contributed by atoms with van der Waals surface area (Å²) < 4.78 is 1.71. The summed E-state index contributed by atoms with van der Waals surface area (Å²) in [6, 6.07) is 0.576. The molecule has 2 fully saturated rings. The van der Waals surface area contributed by atoms with Gasteiger partial charge in [0.2, 0.25) is 17.8 Å². The highest BCUT2D eigenvalue weighted by molar-refractivity contribution is 5.42. The van der Waals surface area contributed by atoms with E-state index < -0.39 is 0 Å². The Labute approximate surface area is 121 Å². The van der Waals surface area contributed by atoms with Gasteiger partial charge in [-0.2, -0.15) is 15.0 Å². The van der Waals surface area contributed by atoms with E-state index in [9.17, 15) is 5.11 Å². The smallest absolute Gasteiger partial charge is 0.241 e. The number of hydrogen-bond donors (Lipinski definition) is 2. The summed E-state index contributed by atoms with van der Waals surface area (Å²) >= 11 is 0. The number of aliphatic hydroxyl groups excluding tert-OH is 1. The molecule has 0 aliphatic carbocycles. The van der Waals surface area contributed by atoms with Crippen LogP contribution in [0, 0.1) is 0 Å². The van der Waals surface area contributed by atoms with Crippen LogP contribution in [0.15, 0.2) is 18.7 Å². The van der Waals surface area contributed by atoms with Crippen LogP contribution in [0.3, 0.4) is 0 Å². The molecule has 2 aromatic rings. The summed E-state index contributed by atoms with van der Waals surface area (Å²) in [6.07, 6.45) is 8.51. The Hall–Kier alpha value is -2.22. The number of anilines is 2. The zero-order valence-corrected chi connectivity index (χ0v) is 11.5. The zero-order valence-electron chi connectivity index (χ0n) is 11.5. The minimum absolute atomic E-state index is 0.203. The molecule has 8 heteroatoms. The molecule has 2 bridgehead atoms. The van der Waals surface area contributed by atoms with E-state index in [0.29, 0.717) is 11.9 Å². The second kappa shape index (κ2) is 4.66. The first kappa shape index (κ1) is 12.5. The standard InChI is InChI=1S/C13H17N7O/c14-11-16-12(19-4-3-15-7-19)18-13(17-11)20-8-1-2-9(20)6-10(21)5-8/h3-4,7-10,21H,1-2,5-6H2,(H2,14,16,17,18). The van der Waals surface area contributed by atoms with Crippen molar-refractivity contribution >= 4 is 11.9 Å². The Kier molecular flexibility index (Phi) is 2.78. The predicted molar refractivity (Wildman–Crippen MR) is 75.9 cm³/mol. The average molecular weight is 287 g/mol. The first-order valence-electron chi connectivity index (χ1n) is 7.17. The highest BCUT2D eigenvalue weighted by atomic mass is 16.3. The maximum atomic E-state index is 9.90. The van der Waals surface area contributed by atoms with E-state index in [2.05, 4.69) is 24.8 Å². The number of rotatable bonds is 2. The lowest BCUT2D eigenvalue weighted by atomic mass is 10.0. The molecule has 8 nitrogen and oxygen atoms in total. The summed E-state index contributed by atoms with van der Waals surface area (Å²) in [5.41, 5.74) is 5.84. The second-order valence-corrected chi connectivity index (χ2v) is 5.68. The molecule has 0 aromatic carbocycles. The Balaban J connectivity index is 1.73. The highest BCUT2D eigenvalue weighted by Crippen LogP contribution is 2.38. The van der Waals surface area contributed by atoms with E-state index in [4.69, 9.17) is 5.73 Å². The van der Waals surface area contributed by atoms with Gasteiger partial charge in [-0.1, -0.05) is 0 Å². The lowest BCUT2D eigenvalue weighted by Crippen LogP contribution is -2.45. The molecule has 0 radical (unpaired) electrons. The molecule has 2 atom stereocenters. The third-order valence-corrected chi connectivity index (χ3v) is 4.30. The van der Waals surface area contributed by atoms with E-state index in [1.165, 1.54) is 0 Å². The maximum Gasteiger partial charge on any atom is 0.241 e. The van der Waals surface area contributed by atoms with Gasteiger partial charge in [0, 0.05) is 24.5 Å². The topological polar surface area (TPSA) is 106 Å². The molecule has 0 spiro atoms. The molecular formula is C13H17N7O. The van der Waals surface area contributed by atoms with Crippen molar-refractivity contribution < 1.29 is 5.11 Å². The average Bonchev–Trinajstić information content (AvgIpc) is 3.05. The van der Waals surface area contributed by atoms with Crippen molar-refractivity contribution in [1.82, 2.24) is 24.5 Å². The zero-order chi connectivity index (χ0) is 14.4. The fraction of sp³-hybridized carbons (Fsp3) is 0.538. The van der Waals surface area contributed by atoms with Crippen LogP contribution >= 0.6 is 0 Å². The predicted octanol–water partition coefficient (Wildman–Crippen LogP) is 0.132. The van der Waals surface area contributed by atoms with Crippen molar-refractivity contribution in [3.63, 3.8) is 0 Å². The molecule has 0 saturated carbocycles. The van der Waals surface area contributed by atoms with Crippen LogP contribution < -0.4 is 10.6 Å². The van der Waals surface area contributed by atoms with Crippen molar-refractivity contribution in [1.29, 1.82) is 0 Å². The Morgan fingerprint density at radius 1 is 1.10 bits per heavy atom. The number of imidazole rings is 1. The van der Waals surface area contributed by atoms with Crippen LogP contribution in [0.25, 0.3) is 5.95 Å². The van der Waals surface area contributed by atoms with Gasteiger partial charge in [-0.15, -0.1) is 0 Å². The quantitative estimate of drug-likeness (QED) is 0.808. The molecule has 2 unspecified atom stereocenters.